The number of rotatable bonds is 6. The molecule has 2 heterocycles. The molecule has 2 aliphatic heterocycles. The maximum atomic E-state index is 12.6. The van der Waals surface area contributed by atoms with E-state index >= 15 is 0 Å². The van der Waals surface area contributed by atoms with Gasteiger partial charge in [-0.15, -0.1) is 0 Å². The summed E-state index contributed by atoms with van der Waals surface area (Å²) < 4.78 is 0. The van der Waals surface area contributed by atoms with E-state index in [-0.39, 0.29) is 17.4 Å². The zero-order chi connectivity index (χ0) is 23.0. The molecule has 0 saturated carbocycles. The molecule has 1 aromatic rings. The van der Waals surface area contributed by atoms with Crippen molar-refractivity contribution in [1.82, 2.24) is 15.1 Å². The molecule has 1 aromatic carbocycles. The fraction of sp³-hybridized carbons (Fsp3) is 0.680. The summed E-state index contributed by atoms with van der Waals surface area (Å²) in [6, 6.07) is 8.26. The van der Waals surface area contributed by atoms with Crippen LogP contribution in [0.1, 0.15) is 52.9 Å². The van der Waals surface area contributed by atoms with Crippen LogP contribution in [-0.2, 0) is 9.59 Å². The van der Waals surface area contributed by atoms with Gasteiger partial charge < -0.3 is 15.5 Å². The van der Waals surface area contributed by atoms with Crippen LogP contribution >= 0.6 is 0 Å². The minimum Gasteiger partial charge on any atom is -0.372 e. The third kappa shape index (κ3) is 8.43. The fourth-order valence-corrected chi connectivity index (χ4v) is 4.49. The number of hydrogen-bond donors (Lipinski definition) is 2. The second-order valence-electron chi connectivity index (χ2n) is 10.2. The minimum absolute atomic E-state index is 0.0199. The van der Waals surface area contributed by atoms with Gasteiger partial charge in [0.2, 0.25) is 11.8 Å². The van der Waals surface area contributed by atoms with Gasteiger partial charge in [-0.3, -0.25) is 19.4 Å². The van der Waals surface area contributed by atoms with Gasteiger partial charge in [-0.2, -0.15) is 0 Å². The Morgan fingerprint density at radius 2 is 1.31 bits per heavy atom. The zero-order valence-electron chi connectivity index (χ0n) is 20.2. The Balaban J connectivity index is 1.42. The van der Waals surface area contributed by atoms with Gasteiger partial charge in [0, 0.05) is 43.1 Å². The van der Waals surface area contributed by atoms with Crippen LogP contribution in [0.25, 0.3) is 0 Å². The predicted molar refractivity (Wildman–Crippen MR) is 131 cm³/mol. The van der Waals surface area contributed by atoms with Gasteiger partial charge in [-0.05, 0) is 77.4 Å². The van der Waals surface area contributed by atoms with Crippen LogP contribution in [-0.4, -0.2) is 79.5 Å². The third-order valence-electron chi connectivity index (χ3n) is 6.05. The second kappa shape index (κ2) is 11.7. The summed E-state index contributed by atoms with van der Waals surface area (Å²) in [6.45, 7) is 12.4. The van der Waals surface area contributed by atoms with Crippen LogP contribution in [0.5, 0.6) is 0 Å². The van der Waals surface area contributed by atoms with Gasteiger partial charge in [-0.25, -0.2) is 0 Å². The second-order valence-corrected chi connectivity index (χ2v) is 10.2. The summed E-state index contributed by atoms with van der Waals surface area (Å²) in [4.78, 5) is 31.6. The summed E-state index contributed by atoms with van der Waals surface area (Å²) in [7, 11) is 0. The fourth-order valence-electron chi connectivity index (χ4n) is 4.49. The molecule has 2 amide bonds. The Morgan fingerprint density at radius 1 is 0.750 bits per heavy atom. The van der Waals surface area contributed by atoms with E-state index in [2.05, 4.69) is 37.5 Å². The summed E-state index contributed by atoms with van der Waals surface area (Å²) in [5.74, 6) is 0.0822. The van der Waals surface area contributed by atoms with Crippen molar-refractivity contribution in [2.24, 2.45) is 0 Å². The van der Waals surface area contributed by atoms with Crippen LogP contribution in [0.2, 0.25) is 0 Å². The summed E-state index contributed by atoms with van der Waals surface area (Å²) in [6.07, 6.45) is 6.12. The molecule has 178 valence electrons. The molecule has 0 atom stereocenters. The Kier molecular flexibility index (Phi) is 8.93. The molecule has 2 N–H and O–H groups in total. The monoisotopic (exact) mass is 443 g/mol. The largest absolute Gasteiger partial charge is 0.372 e. The molecule has 7 heteroatoms. The van der Waals surface area contributed by atoms with Gasteiger partial charge in [0.05, 0.1) is 13.1 Å². The lowest BCUT2D eigenvalue weighted by Crippen LogP contribution is -2.46. The van der Waals surface area contributed by atoms with E-state index in [0.717, 1.165) is 51.4 Å². The number of amides is 2. The van der Waals surface area contributed by atoms with E-state index in [4.69, 9.17) is 0 Å². The molecule has 0 aliphatic carbocycles. The highest BCUT2D eigenvalue weighted by molar-refractivity contribution is 5.92. The molecule has 0 unspecified atom stereocenters. The topological polar surface area (TPSA) is 67.9 Å². The lowest BCUT2D eigenvalue weighted by Gasteiger charge is -2.25. The molecule has 2 saturated heterocycles. The van der Waals surface area contributed by atoms with E-state index < -0.39 is 0 Å². The van der Waals surface area contributed by atoms with Crippen molar-refractivity contribution in [3.05, 3.63) is 24.3 Å². The quantitative estimate of drug-likeness (QED) is 0.708. The number of carbonyl (C=O) groups excluding carboxylic acids is 2. The van der Waals surface area contributed by atoms with Gasteiger partial charge in [0.25, 0.3) is 0 Å². The first-order valence-electron chi connectivity index (χ1n) is 12.2. The number of nitrogens with zero attached hydrogens (tertiary/aromatic N) is 3. The normalized spacial score (nSPS) is 19.2. The van der Waals surface area contributed by atoms with Crippen molar-refractivity contribution >= 4 is 23.2 Å². The third-order valence-corrected chi connectivity index (χ3v) is 6.05. The Bertz CT molecular complexity index is 736. The average molecular weight is 444 g/mol. The van der Waals surface area contributed by atoms with Crippen LogP contribution in [0.15, 0.2) is 24.3 Å². The van der Waals surface area contributed by atoms with Crippen molar-refractivity contribution < 1.29 is 9.59 Å². The summed E-state index contributed by atoms with van der Waals surface area (Å²) in [5, 5.41) is 6.07. The van der Waals surface area contributed by atoms with Gasteiger partial charge >= 0.3 is 0 Å². The molecule has 2 fully saturated rings. The molecule has 2 aliphatic rings. The number of nitrogens with one attached hydrogen (secondary N) is 2. The van der Waals surface area contributed by atoms with Crippen molar-refractivity contribution in [2.75, 3.05) is 62.6 Å². The zero-order valence-corrected chi connectivity index (χ0v) is 20.2. The molecule has 0 bridgehead atoms. The van der Waals surface area contributed by atoms with Crippen molar-refractivity contribution in [1.29, 1.82) is 0 Å². The van der Waals surface area contributed by atoms with Crippen LogP contribution in [0.3, 0.4) is 0 Å². The first-order valence-corrected chi connectivity index (χ1v) is 12.2. The minimum atomic E-state index is -0.210. The Labute approximate surface area is 193 Å². The van der Waals surface area contributed by atoms with Crippen LogP contribution in [0.4, 0.5) is 11.4 Å². The molecular weight excluding hydrogens is 402 g/mol. The SMILES string of the molecule is CC(C)(C)NC(=O)CN1CCCN(CC(=O)Nc2ccc(N3CCCCCC3)cc2)CC1. The Hall–Kier alpha value is -2.12. The highest BCUT2D eigenvalue weighted by Crippen LogP contribution is 2.21. The van der Waals surface area contributed by atoms with Crippen LogP contribution in [0, 0.1) is 0 Å². The first kappa shape index (κ1) is 24.5. The molecule has 7 nitrogen and oxygen atoms in total. The van der Waals surface area contributed by atoms with Gasteiger partial charge in [0.15, 0.2) is 0 Å². The molecule has 32 heavy (non-hydrogen) atoms. The standard InChI is InChI=1S/C25H41N5O2/c1-25(2,3)27-24(32)20-29-14-8-13-28(17-18-29)19-23(31)26-21-9-11-22(12-10-21)30-15-6-4-5-7-16-30/h9-12H,4-8,13-20H2,1-3H3,(H,26,31)(H,27,32). The maximum absolute atomic E-state index is 12.6. The Morgan fingerprint density at radius 3 is 1.88 bits per heavy atom. The van der Waals surface area contributed by atoms with E-state index in [0.29, 0.717) is 13.1 Å². The van der Waals surface area contributed by atoms with Gasteiger partial charge in [-0.1, -0.05) is 12.8 Å². The number of hydrogen-bond acceptors (Lipinski definition) is 5. The van der Waals surface area contributed by atoms with Crippen molar-refractivity contribution in [3.8, 4) is 0 Å². The van der Waals surface area contributed by atoms with E-state index in [1.807, 2.05) is 32.9 Å². The average Bonchev–Trinajstić information content (AvgIpc) is 3.11. The predicted octanol–water partition coefficient (Wildman–Crippen LogP) is 2.93. The first-order chi connectivity index (χ1) is 15.3. The smallest absolute Gasteiger partial charge is 0.238 e. The van der Waals surface area contributed by atoms with Gasteiger partial charge in [0.1, 0.15) is 0 Å². The highest BCUT2D eigenvalue weighted by Gasteiger charge is 2.21. The van der Waals surface area contributed by atoms with E-state index in [1.54, 1.807) is 0 Å². The molecule has 0 aromatic heterocycles. The highest BCUT2D eigenvalue weighted by atomic mass is 16.2. The summed E-state index contributed by atoms with van der Waals surface area (Å²) in [5.41, 5.74) is 1.88. The van der Waals surface area contributed by atoms with Crippen molar-refractivity contribution in [3.63, 3.8) is 0 Å². The van der Waals surface area contributed by atoms with E-state index in [9.17, 15) is 9.59 Å². The number of carbonyl (C=O) groups is 2. The lowest BCUT2D eigenvalue weighted by atomic mass is 10.1. The summed E-state index contributed by atoms with van der Waals surface area (Å²) >= 11 is 0. The van der Waals surface area contributed by atoms with E-state index in [1.165, 1.54) is 31.4 Å². The van der Waals surface area contributed by atoms with Crippen LogP contribution < -0.4 is 15.5 Å². The van der Waals surface area contributed by atoms with Crippen molar-refractivity contribution in [2.45, 2.75) is 58.4 Å². The maximum Gasteiger partial charge on any atom is 0.238 e. The molecule has 0 radical (unpaired) electrons. The number of benzene rings is 1. The number of anilines is 2. The molecule has 0 spiro atoms. The lowest BCUT2D eigenvalue weighted by molar-refractivity contribution is -0.123. The molecule has 3 rings (SSSR count). The molecular formula is C25H41N5O2.